The minimum absolute atomic E-state index is 0.0333. The van der Waals surface area contributed by atoms with Crippen molar-refractivity contribution in [3.8, 4) is 34.2 Å². The van der Waals surface area contributed by atoms with Gasteiger partial charge < -0.3 is 22.9 Å². The molecule has 0 atom stereocenters. The van der Waals surface area contributed by atoms with E-state index < -0.39 is 0 Å². The SMILES string of the molecule is Nc1nc(N)nc(-c2ccnc(-c3cc(-c4nc(N)nc(N)n4)ccn3)c2)n1. The Bertz CT molecular complexity index is 1040. The monoisotopic (exact) mass is 374 g/mol. The quantitative estimate of drug-likeness (QED) is 0.378. The van der Waals surface area contributed by atoms with Gasteiger partial charge in [0.2, 0.25) is 23.8 Å². The van der Waals surface area contributed by atoms with Crippen LogP contribution in [0, 0.1) is 0 Å². The number of hydrogen-bond donors (Lipinski definition) is 4. The van der Waals surface area contributed by atoms with Gasteiger partial charge in [-0.05, 0) is 24.3 Å². The predicted octanol–water partition coefficient (Wildman–Crippen LogP) is 0.176. The van der Waals surface area contributed by atoms with Gasteiger partial charge in [-0.15, -0.1) is 0 Å². The molecule has 0 aliphatic carbocycles. The standard InChI is InChI=1S/C16H14N12/c17-13-23-11(24-14(18)27-13)7-1-3-21-9(5-7)10-6-8(2-4-22-10)12-25-15(19)28-16(20)26-12/h1-6H,(H4,17,18,23,24,27)(H4,19,20,25,26,28). The molecular formula is C16H14N12. The van der Waals surface area contributed by atoms with Gasteiger partial charge in [0.15, 0.2) is 11.6 Å². The molecule has 0 saturated heterocycles. The van der Waals surface area contributed by atoms with Crippen molar-refractivity contribution in [1.29, 1.82) is 0 Å². The summed E-state index contributed by atoms with van der Waals surface area (Å²) < 4.78 is 0. The first-order valence-corrected chi connectivity index (χ1v) is 7.95. The van der Waals surface area contributed by atoms with Crippen LogP contribution in [0.4, 0.5) is 23.8 Å². The highest BCUT2D eigenvalue weighted by molar-refractivity contribution is 5.69. The van der Waals surface area contributed by atoms with Crippen molar-refractivity contribution in [1.82, 2.24) is 39.9 Å². The highest BCUT2D eigenvalue weighted by Gasteiger charge is 2.11. The molecule has 0 unspecified atom stereocenters. The zero-order chi connectivity index (χ0) is 19.7. The highest BCUT2D eigenvalue weighted by Crippen LogP contribution is 2.25. The fourth-order valence-electron chi connectivity index (χ4n) is 2.50. The summed E-state index contributed by atoms with van der Waals surface area (Å²) in [7, 11) is 0. The van der Waals surface area contributed by atoms with E-state index >= 15 is 0 Å². The molecule has 138 valence electrons. The number of anilines is 4. The molecule has 0 amide bonds. The molecule has 12 heteroatoms. The minimum Gasteiger partial charge on any atom is -0.368 e. The van der Waals surface area contributed by atoms with Gasteiger partial charge in [0, 0.05) is 23.5 Å². The van der Waals surface area contributed by atoms with Crippen LogP contribution in [0.15, 0.2) is 36.7 Å². The minimum atomic E-state index is 0.0333. The van der Waals surface area contributed by atoms with E-state index in [0.717, 1.165) is 0 Å². The fourth-order valence-corrected chi connectivity index (χ4v) is 2.50. The first kappa shape index (κ1) is 17.0. The molecule has 0 radical (unpaired) electrons. The molecule has 28 heavy (non-hydrogen) atoms. The first-order chi connectivity index (χ1) is 13.5. The summed E-state index contributed by atoms with van der Waals surface area (Å²) >= 11 is 0. The Hall–Kier alpha value is -4.48. The van der Waals surface area contributed by atoms with Crippen molar-refractivity contribution in [2.45, 2.75) is 0 Å². The van der Waals surface area contributed by atoms with Crippen LogP contribution in [0.3, 0.4) is 0 Å². The molecule has 0 aliphatic rings. The molecule has 4 aromatic rings. The Balaban J connectivity index is 1.76. The van der Waals surface area contributed by atoms with Gasteiger partial charge in [-0.25, -0.2) is 0 Å². The summed E-state index contributed by atoms with van der Waals surface area (Å²) in [6.45, 7) is 0. The van der Waals surface area contributed by atoms with Crippen molar-refractivity contribution in [3.05, 3.63) is 36.7 Å². The van der Waals surface area contributed by atoms with Crippen LogP contribution < -0.4 is 22.9 Å². The van der Waals surface area contributed by atoms with Crippen molar-refractivity contribution in [2.24, 2.45) is 0 Å². The molecule has 0 spiro atoms. The largest absolute Gasteiger partial charge is 0.368 e. The number of aromatic nitrogens is 8. The molecule has 0 aromatic carbocycles. The van der Waals surface area contributed by atoms with Crippen molar-refractivity contribution >= 4 is 23.8 Å². The number of nitrogens with two attached hydrogens (primary N) is 4. The average molecular weight is 374 g/mol. The molecule has 0 fully saturated rings. The maximum Gasteiger partial charge on any atom is 0.225 e. The lowest BCUT2D eigenvalue weighted by atomic mass is 10.1. The number of pyridine rings is 2. The van der Waals surface area contributed by atoms with Gasteiger partial charge in [0.1, 0.15) is 0 Å². The summed E-state index contributed by atoms with van der Waals surface area (Å²) in [6, 6.07) is 6.98. The van der Waals surface area contributed by atoms with Gasteiger partial charge in [-0.1, -0.05) is 0 Å². The van der Waals surface area contributed by atoms with E-state index in [1.807, 2.05) is 0 Å². The number of nitrogen functional groups attached to an aromatic ring is 4. The van der Waals surface area contributed by atoms with Crippen LogP contribution in [-0.4, -0.2) is 39.9 Å². The van der Waals surface area contributed by atoms with Crippen LogP contribution in [-0.2, 0) is 0 Å². The lowest BCUT2D eigenvalue weighted by Gasteiger charge is -2.06. The van der Waals surface area contributed by atoms with E-state index in [4.69, 9.17) is 22.9 Å². The van der Waals surface area contributed by atoms with Crippen LogP contribution >= 0.6 is 0 Å². The smallest absolute Gasteiger partial charge is 0.225 e. The second-order valence-corrected chi connectivity index (χ2v) is 5.61. The summed E-state index contributed by atoms with van der Waals surface area (Å²) in [5, 5.41) is 0. The third kappa shape index (κ3) is 3.41. The summed E-state index contributed by atoms with van der Waals surface area (Å²) in [4.78, 5) is 32.6. The molecule has 0 aliphatic heterocycles. The molecule has 0 saturated carbocycles. The molecule has 4 rings (SSSR count). The number of rotatable bonds is 3. The van der Waals surface area contributed by atoms with E-state index in [-0.39, 0.29) is 23.8 Å². The molecular weight excluding hydrogens is 360 g/mol. The first-order valence-electron chi connectivity index (χ1n) is 7.95. The van der Waals surface area contributed by atoms with Crippen LogP contribution in [0.2, 0.25) is 0 Å². The normalized spacial score (nSPS) is 10.7. The van der Waals surface area contributed by atoms with Gasteiger partial charge >= 0.3 is 0 Å². The molecule has 0 bridgehead atoms. The summed E-state index contributed by atoms with van der Waals surface area (Å²) in [5.41, 5.74) is 25.0. The molecule has 4 aromatic heterocycles. The van der Waals surface area contributed by atoms with Crippen LogP contribution in [0.1, 0.15) is 0 Å². The van der Waals surface area contributed by atoms with E-state index in [2.05, 4.69) is 39.9 Å². The Labute approximate surface area is 158 Å². The third-order valence-corrected chi connectivity index (χ3v) is 3.64. The molecule has 4 heterocycles. The molecule has 12 nitrogen and oxygen atoms in total. The van der Waals surface area contributed by atoms with Gasteiger partial charge in [-0.3, -0.25) is 9.97 Å². The topological polar surface area (TPSA) is 207 Å². The second kappa shape index (κ2) is 6.68. The van der Waals surface area contributed by atoms with E-state index in [9.17, 15) is 0 Å². The lowest BCUT2D eigenvalue weighted by molar-refractivity contribution is 1.08. The van der Waals surface area contributed by atoms with E-state index in [1.54, 1.807) is 36.7 Å². The second-order valence-electron chi connectivity index (χ2n) is 5.61. The van der Waals surface area contributed by atoms with Crippen molar-refractivity contribution < 1.29 is 0 Å². The van der Waals surface area contributed by atoms with Gasteiger partial charge in [0.25, 0.3) is 0 Å². The van der Waals surface area contributed by atoms with Crippen LogP contribution in [0.5, 0.6) is 0 Å². The van der Waals surface area contributed by atoms with Gasteiger partial charge in [0.05, 0.1) is 11.4 Å². The fraction of sp³-hybridized carbons (Fsp3) is 0. The van der Waals surface area contributed by atoms with Gasteiger partial charge in [-0.2, -0.15) is 29.9 Å². The maximum atomic E-state index is 5.64. The summed E-state index contributed by atoms with van der Waals surface area (Å²) in [5.74, 6) is 0.805. The lowest BCUT2D eigenvalue weighted by Crippen LogP contribution is -2.05. The van der Waals surface area contributed by atoms with Crippen molar-refractivity contribution in [3.63, 3.8) is 0 Å². The number of hydrogen-bond acceptors (Lipinski definition) is 12. The zero-order valence-electron chi connectivity index (χ0n) is 14.4. The molecule has 8 N–H and O–H groups in total. The Morgan fingerprint density at radius 3 is 1.21 bits per heavy atom. The average Bonchev–Trinajstić information content (AvgIpc) is 2.67. The predicted molar refractivity (Wildman–Crippen MR) is 103 cm³/mol. The highest BCUT2D eigenvalue weighted by atomic mass is 15.1. The Morgan fingerprint density at radius 2 is 0.857 bits per heavy atom. The Morgan fingerprint density at radius 1 is 0.500 bits per heavy atom. The Kier molecular flexibility index (Phi) is 4.04. The number of nitrogens with zero attached hydrogens (tertiary/aromatic N) is 8. The maximum absolute atomic E-state index is 5.64. The zero-order valence-corrected chi connectivity index (χ0v) is 14.4. The van der Waals surface area contributed by atoms with Crippen molar-refractivity contribution in [2.75, 3.05) is 22.9 Å². The van der Waals surface area contributed by atoms with E-state index in [1.165, 1.54) is 0 Å². The third-order valence-electron chi connectivity index (χ3n) is 3.64. The van der Waals surface area contributed by atoms with Crippen LogP contribution in [0.25, 0.3) is 34.2 Å². The van der Waals surface area contributed by atoms with E-state index in [0.29, 0.717) is 34.2 Å². The summed E-state index contributed by atoms with van der Waals surface area (Å²) in [6.07, 6.45) is 3.21.